The lowest BCUT2D eigenvalue weighted by molar-refractivity contribution is -0.130. The lowest BCUT2D eigenvalue weighted by Crippen LogP contribution is -2.43. The summed E-state index contributed by atoms with van der Waals surface area (Å²) in [5, 5.41) is 0.0514. The highest BCUT2D eigenvalue weighted by atomic mass is 32.2. The van der Waals surface area contributed by atoms with Gasteiger partial charge in [0.2, 0.25) is 5.91 Å². The van der Waals surface area contributed by atoms with Crippen LogP contribution in [-0.4, -0.2) is 41.4 Å². The average Bonchev–Trinajstić information content (AvgIpc) is 2.26. The highest BCUT2D eigenvalue weighted by Gasteiger charge is 2.20. The fraction of sp³-hybridized carbons (Fsp3) is 0.909. The normalized spacial score (nSPS) is 14.7. The Labute approximate surface area is 97.8 Å². The molecule has 4 heteroatoms. The lowest BCUT2D eigenvalue weighted by Gasteiger charge is -2.26. The summed E-state index contributed by atoms with van der Waals surface area (Å²) in [7, 11) is 1.83. The zero-order valence-electron chi connectivity index (χ0n) is 10.3. The van der Waals surface area contributed by atoms with Gasteiger partial charge in [-0.15, -0.1) is 11.8 Å². The first-order valence-electron chi connectivity index (χ1n) is 5.62. The molecular formula is C11H24N2OS. The molecule has 1 amide bonds. The lowest BCUT2D eigenvalue weighted by atomic mass is 10.3. The van der Waals surface area contributed by atoms with Gasteiger partial charge in [-0.25, -0.2) is 0 Å². The van der Waals surface area contributed by atoms with Crippen LogP contribution in [-0.2, 0) is 4.79 Å². The van der Waals surface area contributed by atoms with Gasteiger partial charge in [0.1, 0.15) is 0 Å². The molecule has 0 aromatic heterocycles. The number of rotatable bonds is 7. The van der Waals surface area contributed by atoms with Crippen molar-refractivity contribution in [3.8, 4) is 0 Å². The summed E-state index contributed by atoms with van der Waals surface area (Å²) in [6.07, 6.45) is 2.36. The SMILES string of the molecule is CCCCSC(C)C(=O)N(C)C(C)CN. The summed E-state index contributed by atoms with van der Waals surface area (Å²) >= 11 is 1.73. The van der Waals surface area contributed by atoms with E-state index >= 15 is 0 Å². The first-order chi connectivity index (χ1) is 7.04. The second-order valence-corrected chi connectivity index (χ2v) is 5.35. The van der Waals surface area contributed by atoms with Crippen molar-refractivity contribution in [2.24, 2.45) is 5.73 Å². The summed E-state index contributed by atoms with van der Waals surface area (Å²) in [5.74, 6) is 1.25. The second kappa shape index (κ2) is 7.99. The highest BCUT2D eigenvalue weighted by Crippen LogP contribution is 2.15. The van der Waals surface area contributed by atoms with Crippen LogP contribution in [0.15, 0.2) is 0 Å². The zero-order chi connectivity index (χ0) is 11.8. The van der Waals surface area contributed by atoms with Crippen molar-refractivity contribution in [2.75, 3.05) is 19.3 Å². The van der Waals surface area contributed by atoms with Crippen molar-refractivity contribution < 1.29 is 4.79 Å². The molecule has 15 heavy (non-hydrogen) atoms. The molecule has 0 aromatic rings. The number of thioether (sulfide) groups is 1. The summed E-state index contributed by atoms with van der Waals surface area (Å²) < 4.78 is 0. The Morgan fingerprint density at radius 1 is 1.47 bits per heavy atom. The minimum atomic E-state index is 0.0514. The fourth-order valence-corrected chi connectivity index (χ4v) is 2.26. The van der Waals surface area contributed by atoms with Gasteiger partial charge in [0.25, 0.3) is 0 Å². The number of likely N-dealkylation sites (N-methyl/N-ethyl adjacent to an activating group) is 1. The number of hydrogen-bond donors (Lipinski definition) is 1. The molecule has 0 heterocycles. The maximum atomic E-state index is 11.9. The summed E-state index contributed by atoms with van der Waals surface area (Å²) in [5.41, 5.74) is 5.53. The van der Waals surface area contributed by atoms with Crippen molar-refractivity contribution >= 4 is 17.7 Å². The number of carbonyl (C=O) groups excluding carboxylic acids is 1. The molecule has 3 nitrogen and oxygen atoms in total. The Morgan fingerprint density at radius 3 is 2.53 bits per heavy atom. The van der Waals surface area contributed by atoms with Crippen LogP contribution >= 0.6 is 11.8 Å². The van der Waals surface area contributed by atoms with Gasteiger partial charge in [-0.1, -0.05) is 13.3 Å². The van der Waals surface area contributed by atoms with Gasteiger partial charge in [-0.05, 0) is 26.0 Å². The van der Waals surface area contributed by atoms with Crippen LogP contribution in [0.5, 0.6) is 0 Å². The van der Waals surface area contributed by atoms with E-state index in [1.54, 1.807) is 16.7 Å². The molecule has 0 spiro atoms. The highest BCUT2D eigenvalue weighted by molar-refractivity contribution is 8.00. The third kappa shape index (κ3) is 5.42. The fourth-order valence-electron chi connectivity index (χ4n) is 1.14. The molecule has 90 valence electrons. The standard InChI is InChI=1S/C11H24N2OS/c1-5-6-7-15-10(3)11(14)13(4)9(2)8-12/h9-10H,5-8,12H2,1-4H3. The van der Waals surface area contributed by atoms with E-state index in [-0.39, 0.29) is 17.2 Å². The molecule has 0 rings (SSSR count). The van der Waals surface area contributed by atoms with Gasteiger partial charge in [-0.2, -0.15) is 0 Å². The molecule has 2 unspecified atom stereocenters. The van der Waals surface area contributed by atoms with E-state index in [1.165, 1.54) is 12.8 Å². The smallest absolute Gasteiger partial charge is 0.235 e. The van der Waals surface area contributed by atoms with Gasteiger partial charge in [0.05, 0.1) is 5.25 Å². The van der Waals surface area contributed by atoms with Crippen molar-refractivity contribution in [2.45, 2.75) is 44.9 Å². The minimum absolute atomic E-state index is 0.0514. The first kappa shape index (κ1) is 14.8. The molecule has 0 fully saturated rings. The Balaban J connectivity index is 3.96. The van der Waals surface area contributed by atoms with Crippen LogP contribution in [0, 0.1) is 0 Å². The maximum absolute atomic E-state index is 11.9. The Kier molecular flexibility index (Phi) is 7.88. The molecule has 2 N–H and O–H groups in total. The van der Waals surface area contributed by atoms with Crippen LogP contribution in [0.4, 0.5) is 0 Å². The maximum Gasteiger partial charge on any atom is 0.235 e. The van der Waals surface area contributed by atoms with E-state index in [1.807, 2.05) is 20.9 Å². The first-order valence-corrected chi connectivity index (χ1v) is 6.67. The van der Waals surface area contributed by atoms with Crippen molar-refractivity contribution in [1.82, 2.24) is 4.90 Å². The van der Waals surface area contributed by atoms with Crippen LogP contribution in [0.1, 0.15) is 33.6 Å². The van der Waals surface area contributed by atoms with Gasteiger partial charge in [0.15, 0.2) is 0 Å². The number of nitrogens with zero attached hydrogens (tertiary/aromatic N) is 1. The van der Waals surface area contributed by atoms with Crippen molar-refractivity contribution in [1.29, 1.82) is 0 Å². The monoisotopic (exact) mass is 232 g/mol. The van der Waals surface area contributed by atoms with E-state index in [9.17, 15) is 4.79 Å². The second-order valence-electron chi connectivity index (χ2n) is 3.90. The molecule has 0 aliphatic rings. The van der Waals surface area contributed by atoms with E-state index in [0.717, 1.165) is 5.75 Å². The molecular weight excluding hydrogens is 208 g/mol. The molecule has 0 saturated carbocycles. The minimum Gasteiger partial charge on any atom is -0.341 e. The molecule has 0 radical (unpaired) electrons. The Hall–Kier alpha value is -0.220. The zero-order valence-corrected chi connectivity index (χ0v) is 11.1. The number of amides is 1. The van der Waals surface area contributed by atoms with Gasteiger partial charge in [0, 0.05) is 19.6 Å². The summed E-state index contributed by atoms with van der Waals surface area (Å²) in [6.45, 7) is 6.63. The predicted molar refractivity (Wildman–Crippen MR) is 68.1 cm³/mol. The Morgan fingerprint density at radius 2 is 2.07 bits per heavy atom. The number of unbranched alkanes of at least 4 members (excludes halogenated alkanes) is 1. The largest absolute Gasteiger partial charge is 0.341 e. The molecule has 2 atom stereocenters. The van der Waals surface area contributed by atoms with E-state index in [2.05, 4.69) is 6.92 Å². The number of nitrogens with two attached hydrogens (primary N) is 1. The van der Waals surface area contributed by atoms with E-state index in [0.29, 0.717) is 6.54 Å². The van der Waals surface area contributed by atoms with Crippen LogP contribution in [0.2, 0.25) is 0 Å². The third-order valence-electron chi connectivity index (χ3n) is 2.56. The summed E-state index contributed by atoms with van der Waals surface area (Å²) in [4.78, 5) is 13.6. The number of hydrogen-bond acceptors (Lipinski definition) is 3. The molecule has 0 bridgehead atoms. The quantitative estimate of drug-likeness (QED) is 0.680. The molecule has 0 aliphatic carbocycles. The van der Waals surface area contributed by atoms with Crippen molar-refractivity contribution in [3.63, 3.8) is 0 Å². The van der Waals surface area contributed by atoms with E-state index in [4.69, 9.17) is 5.73 Å². The number of carbonyl (C=O) groups is 1. The molecule has 0 saturated heterocycles. The third-order valence-corrected chi connectivity index (χ3v) is 3.79. The topological polar surface area (TPSA) is 46.3 Å². The Bertz CT molecular complexity index is 187. The van der Waals surface area contributed by atoms with Crippen molar-refractivity contribution in [3.05, 3.63) is 0 Å². The van der Waals surface area contributed by atoms with Gasteiger partial charge in [-0.3, -0.25) is 4.79 Å². The van der Waals surface area contributed by atoms with Crippen LogP contribution in [0.3, 0.4) is 0 Å². The molecule has 0 aromatic carbocycles. The van der Waals surface area contributed by atoms with Crippen LogP contribution in [0.25, 0.3) is 0 Å². The molecule has 0 aliphatic heterocycles. The van der Waals surface area contributed by atoms with Gasteiger partial charge < -0.3 is 10.6 Å². The predicted octanol–water partition coefficient (Wildman–Crippen LogP) is 1.71. The van der Waals surface area contributed by atoms with E-state index < -0.39 is 0 Å². The average molecular weight is 232 g/mol. The van der Waals surface area contributed by atoms with Gasteiger partial charge >= 0.3 is 0 Å². The van der Waals surface area contributed by atoms with Crippen LogP contribution < -0.4 is 5.73 Å². The summed E-state index contributed by atoms with van der Waals surface area (Å²) in [6, 6.07) is 0.131.